The van der Waals surface area contributed by atoms with E-state index < -0.39 is 16.1 Å². The number of hydrogen-bond acceptors (Lipinski definition) is 7. The van der Waals surface area contributed by atoms with Crippen molar-refractivity contribution in [2.45, 2.75) is 56.1 Å². The summed E-state index contributed by atoms with van der Waals surface area (Å²) in [6, 6.07) is 10.6. The number of fused-ring (bicyclic) bond motifs is 3. The van der Waals surface area contributed by atoms with Crippen LogP contribution in [0.1, 0.15) is 43.2 Å². The number of nitrogens with zero attached hydrogens (tertiary/aromatic N) is 1. The first-order chi connectivity index (χ1) is 18.8. The summed E-state index contributed by atoms with van der Waals surface area (Å²) in [5.74, 6) is 1.33. The van der Waals surface area contributed by atoms with Crippen molar-refractivity contribution in [2.75, 3.05) is 31.7 Å². The number of anilines is 1. The Kier molecular flexibility index (Phi) is 8.69. The minimum absolute atomic E-state index is 0.0132. The van der Waals surface area contributed by atoms with Gasteiger partial charge in [-0.3, -0.25) is 0 Å². The first-order valence-electron chi connectivity index (χ1n) is 13.5. The minimum Gasteiger partial charge on any atom is -0.487 e. The number of carbonyl (C=O) groups excluding carboxylic acids is 1. The number of nitrogens with one attached hydrogen (secondary N) is 1. The molecule has 39 heavy (non-hydrogen) atoms. The van der Waals surface area contributed by atoms with E-state index in [0.29, 0.717) is 41.3 Å². The Morgan fingerprint density at radius 1 is 1.08 bits per heavy atom. The molecule has 2 aliphatic heterocycles. The maximum atomic E-state index is 13.1. The molecule has 3 aliphatic rings. The maximum Gasteiger partial charge on any atom is 0.421 e. The second-order valence-corrected chi connectivity index (χ2v) is 12.5. The predicted molar refractivity (Wildman–Crippen MR) is 150 cm³/mol. The SMILES string of the molecule is CO[C@H]1/C=C/CCOC(=O)NS(=O)(=O)c2ccc3c(c2)N(CCCCc2cc(Cl)ccc2CO3)C[C@@H]2CC[C@H]21. The van der Waals surface area contributed by atoms with Gasteiger partial charge in [-0.2, -0.15) is 0 Å². The number of rotatable bonds is 1. The highest BCUT2D eigenvalue weighted by Crippen LogP contribution is 2.41. The standard InChI is InChI=1S/C29H35ClN2O6S/c1-36-27-7-3-5-15-37-29(33)31-39(34,35)24-11-13-28-26(17-24)32(18-21-9-12-25(21)27)14-4-2-6-20-16-23(30)10-8-22(20)19-38-28/h3,7-8,10-11,13,16-17,21,25,27H,2,4-6,9,12,14-15,18-19H2,1H3,(H,31,33)/b7-3+/t21-,25+,27-/m0/s1. The number of methoxy groups -OCH3 is 1. The second kappa shape index (κ2) is 12.2. The van der Waals surface area contributed by atoms with Crippen LogP contribution in [0, 0.1) is 11.8 Å². The highest BCUT2D eigenvalue weighted by atomic mass is 35.5. The molecule has 3 atom stereocenters. The summed E-state index contributed by atoms with van der Waals surface area (Å²) in [4.78, 5) is 14.5. The lowest BCUT2D eigenvalue weighted by molar-refractivity contribution is 0.0134. The average Bonchev–Trinajstić information content (AvgIpc) is 2.92. The molecule has 1 amide bonds. The number of carbonyl (C=O) groups is 1. The van der Waals surface area contributed by atoms with Crippen LogP contribution in [0.2, 0.25) is 5.02 Å². The van der Waals surface area contributed by atoms with Gasteiger partial charge in [-0.25, -0.2) is 17.9 Å². The number of sulfonamides is 1. The van der Waals surface area contributed by atoms with E-state index in [1.165, 1.54) is 11.6 Å². The molecular weight excluding hydrogens is 540 g/mol. The van der Waals surface area contributed by atoms with E-state index >= 15 is 0 Å². The molecule has 2 bridgehead atoms. The summed E-state index contributed by atoms with van der Waals surface area (Å²) in [6.45, 7) is 1.90. The Morgan fingerprint density at radius 2 is 1.95 bits per heavy atom. The zero-order valence-corrected chi connectivity index (χ0v) is 23.7. The van der Waals surface area contributed by atoms with Crippen LogP contribution in [0.4, 0.5) is 10.5 Å². The zero-order valence-electron chi connectivity index (χ0n) is 22.1. The van der Waals surface area contributed by atoms with Crippen molar-refractivity contribution in [3.05, 3.63) is 64.7 Å². The molecule has 0 aromatic heterocycles. The van der Waals surface area contributed by atoms with Crippen LogP contribution in [0.5, 0.6) is 5.75 Å². The molecule has 0 unspecified atom stereocenters. The molecule has 8 nitrogen and oxygen atoms in total. The molecule has 0 spiro atoms. The van der Waals surface area contributed by atoms with Crippen LogP contribution in [-0.4, -0.2) is 47.4 Å². The van der Waals surface area contributed by atoms with E-state index in [1.807, 2.05) is 35.1 Å². The topological polar surface area (TPSA) is 94.2 Å². The minimum atomic E-state index is -4.14. The monoisotopic (exact) mass is 574 g/mol. The molecule has 0 saturated heterocycles. The highest BCUT2D eigenvalue weighted by molar-refractivity contribution is 7.90. The van der Waals surface area contributed by atoms with Gasteiger partial charge in [0, 0.05) is 25.2 Å². The van der Waals surface area contributed by atoms with Crippen molar-refractivity contribution in [1.29, 1.82) is 0 Å². The van der Waals surface area contributed by atoms with E-state index in [0.717, 1.165) is 50.8 Å². The van der Waals surface area contributed by atoms with Crippen molar-refractivity contribution in [3.8, 4) is 5.75 Å². The molecule has 210 valence electrons. The van der Waals surface area contributed by atoms with E-state index in [2.05, 4.69) is 4.90 Å². The smallest absolute Gasteiger partial charge is 0.421 e. The van der Waals surface area contributed by atoms with Gasteiger partial charge in [0.15, 0.2) is 0 Å². The van der Waals surface area contributed by atoms with Crippen molar-refractivity contribution >= 4 is 33.4 Å². The van der Waals surface area contributed by atoms with Crippen LogP contribution >= 0.6 is 11.6 Å². The highest BCUT2D eigenvalue weighted by Gasteiger charge is 2.37. The second-order valence-electron chi connectivity index (χ2n) is 10.4. The fraction of sp³-hybridized carbons (Fsp3) is 0.483. The molecule has 2 aromatic rings. The molecule has 2 aromatic carbocycles. The summed E-state index contributed by atoms with van der Waals surface area (Å²) >= 11 is 6.28. The van der Waals surface area contributed by atoms with E-state index in [4.69, 9.17) is 25.8 Å². The quantitative estimate of drug-likeness (QED) is 0.451. The van der Waals surface area contributed by atoms with Gasteiger partial charge in [0.25, 0.3) is 10.0 Å². The summed E-state index contributed by atoms with van der Waals surface area (Å²) in [7, 11) is -2.41. The lowest BCUT2D eigenvalue weighted by Crippen LogP contribution is -2.44. The normalized spacial score (nSPS) is 26.3. The summed E-state index contributed by atoms with van der Waals surface area (Å²) < 4.78 is 45.5. The van der Waals surface area contributed by atoms with Crippen LogP contribution in [0.3, 0.4) is 0 Å². The third-order valence-electron chi connectivity index (χ3n) is 7.94. The van der Waals surface area contributed by atoms with Gasteiger partial charge >= 0.3 is 6.09 Å². The number of ether oxygens (including phenoxy) is 3. The third kappa shape index (κ3) is 6.53. The number of cyclic esters (lactones) is 1. The Morgan fingerprint density at radius 3 is 2.74 bits per heavy atom. The first-order valence-corrected chi connectivity index (χ1v) is 15.4. The third-order valence-corrected chi connectivity index (χ3v) is 9.49. The molecule has 1 fully saturated rings. The molecule has 0 radical (unpaired) electrons. The molecule has 10 heteroatoms. The van der Waals surface area contributed by atoms with Gasteiger partial charge in [-0.15, -0.1) is 0 Å². The van der Waals surface area contributed by atoms with Crippen molar-refractivity contribution < 1.29 is 27.4 Å². The van der Waals surface area contributed by atoms with Crippen LogP contribution < -0.4 is 14.4 Å². The van der Waals surface area contributed by atoms with Crippen molar-refractivity contribution in [3.63, 3.8) is 0 Å². The number of amides is 1. The largest absolute Gasteiger partial charge is 0.487 e. The first kappa shape index (κ1) is 27.8. The Hall–Kier alpha value is -2.75. The van der Waals surface area contributed by atoms with Crippen molar-refractivity contribution in [2.24, 2.45) is 11.8 Å². The van der Waals surface area contributed by atoms with Gasteiger partial charge < -0.3 is 19.1 Å². The summed E-state index contributed by atoms with van der Waals surface area (Å²) in [6.07, 6.45) is 8.31. The average molecular weight is 575 g/mol. The van der Waals surface area contributed by atoms with Gasteiger partial charge in [-0.05, 0) is 91.8 Å². The Bertz CT molecular complexity index is 1330. The van der Waals surface area contributed by atoms with Gasteiger partial charge in [0.05, 0.1) is 23.3 Å². The van der Waals surface area contributed by atoms with Gasteiger partial charge in [-0.1, -0.05) is 29.8 Å². The fourth-order valence-electron chi connectivity index (χ4n) is 5.67. The Balaban J connectivity index is 1.54. The molecule has 1 N–H and O–H groups in total. The van der Waals surface area contributed by atoms with E-state index in [-0.39, 0.29) is 17.6 Å². The molecule has 1 saturated carbocycles. The zero-order chi connectivity index (χ0) is 27.4. The van der Waals surface area contributed by atoms with E-state index in [1.54, 1.807) is 19.2 Å². The number of halogens is 1. The summed E-state index contributed by atoms with van der Waals surface area (Å²) in [5, 5.41) is 0.702. The van der Waals surface area contributed by atoms with Gasteiger partial charge in [0.2, 0.25) is 0 Å². The lowest BCUT2D eigenvalue weighted by Gasteiger charge is -2.43. The lowest BCUT2D eigenvalue weighted by atomic mass is 9.70. The molecule has 5 rings (SSSR count). The van der Waals surface area contributed by atoms with Crippen LogP contribution in [-0.2, 0) is 32.5 Å². The number of hydrogen-bond donors (Lipinski definition) is 1. The Labute approximate surface area is 235 Å². The van der Waals surface area contributed by atoms with Crippen LogP contribution in [0.25, 0.3) is 0 Å². The summed E-state index contributed by atoms with van der Waals surface area (Å²) in [5.41, 5.74) is 2.92. The van der Waals surface area contributed by atoms with Crippen molar-refractivity contribution in [1.82, 2.24) is 4.72 Å². The molecule has 2 heterocycles. The number of aryl methyl sites for hydroxylation is 1. The van der Waals surface area contributed by atoms with Crippen LogP contribution in [0.15, 0.2) is 53.4 Å². The fourth-order valence-corrected chi connectivity index (χ4v) is 6.77. The molecular formula is C29H35ClN2O6S. The molecule has 1 aliphatic carbocycles. The maximum absolute atomic E-state index is 13.1. The number of benzene rings is 2. The predicted octanol–water partition coefficient (Wildman–Crippen LogP) is 5.48. The van der Waals surface area contributed by atoms with Gasteiger partial charge in [0.1, 0.15) is 12.4 Å². The van der Waals surface area contributed by atoms with E-state index in [9.17, 15) is 13.2 Å².